The lowest BCUT2D eigenvalue weighted by molar-refractivity contribution is 0.719. The van der Waals surface area contributed by atoms with Crippen molar-refractivity contribution >= 4 is 73.7 Å². The number of hydrogen-bond acceptors (Lipinski definition) is 2. The molecule has 0 saturated heterocycles. The fourth-order valence-electron chi connectivity index (χ4n) is 12.3. The molecule has 3 heteroatoms. The molecule has 4 heterocycles. The monoisotopic (exact) mass is 802 g/mol. The smallest absolute Gasteiger partial charge is 0.182 e. The average Bonchev–Trinajstić information content (AvgIpc) is 3.81. The number of anilines is 6. The Bertz CT molecular complexity index is 3410. The predicted octanol–water partition coefficient (Wildman–Crippen LogP) is 12.1. The van der Waals surface area contributed by atoms with Crippen LogP contribution in [0.1, 0.15) is 22.3 Å². The van der Waals surface area contributed by atoms with E-state index >= 15 is 0 Å². The maximum atomic E-state index is 2.60. The van der Waals surface area contributed by atoms with Gasteiger partial charge in [0.15, 0.2) is 8.07 Å². The standard InChI is InChI=1S/C59H38N2Si/c1-2-19-40(20-3-1)60-51-28-12-8-24-47(51)59(48-25-9-13-29-52(48)60)49-26-10-14-30-53(49)61(54-31-15-11-27-50(54)59)41-35-37-45-43-22-6-16-32-55(43)62(57(45)38-41)56-33-17-7-23-44(56)46-36-34-39-18-4-5-21-42(39)58(46)62/h1-38H. The Kier molecular flexibility index (Phi) is 6.82. The molecule has 288 valence electrons. The lowest BCUT2D eigenvalue weighted by Crippen LogP contribution is -2.71. The molecule has 0 aliphatic carbocycles. The van der Waals surface area contributed by atoms with Crippen LogP contribution in [-0.4, -0.2) is 8.07 Å². The highest BCUT2D eigenvalue weighted by atomic mass is 28.3. The molecule has 0 N–H and O–H groups in total. The van der Waals surface area contributed by atoms with Gasteiger partial charge in [0.1, 0.15) is 0 Å². The van der Waals surface area contributed by atoms with Gasteiger partial charge < -0.3 is 9.80 Å². The summed E-state index contributed by atoms with van der Waals surface area (Å²) < 4.78 is 0. The molecular weight excluding hydrogens is 765 g/mol. The van der Waals surface area contributed by atoms with E-state index < -0.39 is 13.5 Å². The lowest BCUT2D eigenvalue weighted by Gasteiger charge is -2.51. The Morgan fingerprint density at radius 1 is 0.306 bits per heavy atom. The minimum Gasteiger partial charge on any atom is -0.310 e. The Hall–Kier alpha value is -7.72. The molecule has 0 fully saturated rings. The Labute approximate surface area is 362 Å². The first-order valence-electron chi connectivity index (χ1n) is 21.7. The summed E-state index contributed by atoms with van der Waals surface area (Å²) in [5, 5.41) is 8.66. The maximum absolute atomic E-state index is 2.80. The molecule has 0 amide bonds. The van der Waals surface area contributed by atoms with Crippen molar-refractivity contribution in [2.24, 2.45) is 0 Å². The molecule has 0 bridgehead atoms. The van der Waals surface area contributed by atoms with Crippen LogP contribution in [0.2, 0.25) is 0 Å². The molecule has 0 radical (unpaired) electrons. The highest BCUT2D eigenvalue weighted by Gasteiger charge is 2.56. The van der Waals surface area contributed by atoms with Crippen molar-refractivity contribution in [3.63, 3.8) is 0 Å². The lowest BCUT2D eigenvalue weighted by atomic mass is 9.60. The molecule has 10 aromatic carbocycles. The zero-order valence-electron chi connectivity index (χ0n) is 33.8. The molecule has 2 nitrogen and oxygen atoms in total. The van der Waals surface area contributed by atoms with Gasteiger partial charge in [-0.25, -0.2) is 0 Å². The fourth-order valence-corrected chi connectivity index (χ4v) is 18.1. The van der Waals surface area contributed by atoms with E-state index in [2.05, 4.69) is 240 Å². The number of hydrogen-bond donors (Lipinski definition) is 0. The minimum atomic E-state index is -2.80. The van der Waals surface area contributed by atoms with Crippen LogP contribution in [-0.2, 0) is 5.41 Å². The van der Waals surface area contributed by atoms with Gasteiger partial charge in [0.05, 0.1) is 28.2 Å². The van der Waals surface area contributed by atoms with Crippen molar-refractivity contribution in [2.45, 2.75) is 5.41 Å². The third-order valence-corrected chi connectivity index (χ3v) is 19.4. The second-order valence-electron chi connectivity index (χ2n) is 17.1. The van der Waals surface area contributed by atoms with Crippen LogP contribution < -0.4 is 30.5 Å². The van der Waals surface area contributed by atoms with Gasteiger partial charge in [-0.05, 0) is 125 Å². The van der Waals surface area contributed by atoms with Crippen molar-refractivity contribution in [1.82, 2.24) is 0 Å². The van der Waals surface area contributed by atoms with Gasteiger partial charge in [0, 0.05) is 11.4 Å². The van der Waals surface area contributed by atoms with Gasteiger partial charge in [0.2, 0.25) is 0 Å². The number of rotatable bonds is 2. The molecule has 1 atom stereocenters. The third kappa shape index (κ3) is 4.09. The first kappa shape index (κ1) is 34.0. The van der Waals surface area contributed by atoms with Crippen molar-refractivity contribution in [1.29, 1.82) is 0 Å². The second-order valence-corrected chi connectivity index (χ2v) is 20.7. The minimum absolute atomic E-state index is 0.576. The van der Waals surface area contributed by atoms with Gasteiger partial charge in [-0.2, -0.15) is 0 Å². The van der Waals surface area contributed by atoms with Gasteiger partial charge >= 0.3 is 0 Å². The summed E-state index contributed by atoms with van der Waals surface area (Å²) in [5.74, 6) is 0. The van der Waals surface area contributed by atoms with Crippen LogP contribution in [0.15, 0.2) is 231 Å². The molecule has 62 heavy (non-hydrogen) atoms. The third-order valence-electron chi connectivity index (χ3n) is 14.4. The molecule has 2 spiro atoms. The maximum Gasteiger partial charge on any atom is 0.182 e. The first-order chi connectivity index (χ1) is 30.8. The van der Waals surface area contributed by atoms with E-state index in [-0.39, 0.29) is 0 Å². The summed E-state index contributed by atoms with van der Waals surface area (Å²) >= 11 is 0. The highest BCUT2D eigenvalue weighted by Crippen LogP contribution is 2.64. The summed E-state index contributed by atoms with van der Waals surface area (Å²) in [7, 11) is -2.80. The molecule has 14 rings (SSSR count). The average molecular weight is 803 g/mol. The van der Waals surface area contributed by atoms with Gasteiger partial charge in [0.25, 0.3) is 0 Å². The van der Waals surface area contributed by atoms with Crippen LogP contribution in [0.4, 0.5) is 34.1 Å². The zero-order chi connectivity index (χ0) is 40.6. The Balaban J connectivity index is 1.06. The van der Waals surface area contributed by atoms with Crippen molar-refractivity contribution < 1.29 is 0 Å². The molecule has 0 aromatic heterocycles. The van der Waals surface area contributed by atoms with E-state index in [1.54, 1.807) is 0 Å². The summed E-state index contributed by atoms with van der Waals surface area (Å²) in [5.41, 5.74) is 17.2. The first-order valence-corrected chi connectivity index (χ1v) is 23.7. The number of fused-ring (bicyclic) bond motifs is 20. The summed E-state index contributed by atoms with van der Waals surface area (Å²) in [6.07, 6.45) is 0. The van der Waals surface area contributed by atoms with E-state index in [0.717, 1.165) is 5.69 Å². The molecule has 10 aromatic rings. The zero-order valence-corrected chi connectivity index (χ0v) is 34.8. The van der Waals surface area contributed by atoms with E-state index in [4.69, 9.17) is 0 Å². The van der Waals surface area contributed by atoms with E-state index in [9.17, 15) is 0 Å². The predicted molar refractivity (Wildman–Crippen MR) is 260 cm³/mol. The fraction of sp³-hybridized carbons (Fsp3) is 0.0169. The molecule has 4 aliphatic rings. The van der Waals surface area contributed by atoms with Crippen LogP contribution in [0.25, 0.3) is 33.0 Å². The van der Waals surface area contributed by atoms with Gasteiger partial charge in [-0.15, -0.1) is 0 Å². The van der Waals surface area contributed by atoms with Gasteiger partial charge in [-0.3, -0.25) is 0 Å². The number of nitrogens with zero attached hydrogens (tertiary/aromatic N) is 2. The quantitative estimate of drug-likeness (QED) is 0.161. The van der Waals surface area contributed by atoms with Crippen LogP contribution in [0.5, 0.6) is 0 Å². The van der Waals surface area contributed by atoms with Crippen molar-refractivity contribution in [3.05, 3.63) is 253 Å². The largest absolute Gasteiger partial charge is 0.310 e. The number of para-hydroxylation sites is 5. The van der Waals surface area contributed by atoms with E-state index in [1.165, 1.54) is 104 Å². The summed E-state index contributed by atoms with van der Waals surface area (Å²) in [6, 6.07) is 87.2. The normalized spacial score (nSPS) is 16.5. The molecule has 4 aliphatic heterocycles. The van der Waals surface area contributed by atoms with Crippen molar-refractivity contribution in [2.75, 3.05) is 9.80 Å². The van der Waals surface area contributed by atoms with Crippen LogP contribution >= 0.6 is 0 Å². The topological polar surface area (TPSA) is 6.48 Å². The van der Waals surface area contributed by atoms with Crippen molar-refractivity contribution in [3.8, 4) is 22.3 Å². The van der Waals surface area contributed by atoms with Gasteiger partial charge in [-0.1, -0.05) is 182 Å². The second kappa shape index (κ2) is 12.4. The summed E-state index contributed by atoms with van der Waals surface area (Å²) in [6.45, 7) is 0. The van der Waals surface area contributed by atoms with E-state index in [1.807, 2.05) is 0 Å². The van der Waals surface area contributed by atoms with Crippen LogP contribution in [0.3, 0.4) is 0 Å². The highest BCUT2D eigenvalue weighted by molar-refractivity contribution is 7.25. The molecular formula is C59H38N2Si. The Morgan fingerprint density at radius 3 is 1.34 bits per heavy atom. The summed E-state index contributed by atoms with van der Waals surface area (Å²) in [4.78, 5) is 5.03. The number of benzene rings is 10. The molecule has 0 saturated carbocycles. The molecule has 1 unspecified atom stereocenters. The Morgan fingerprint density at radius 2 is 0.742 bits per heavy atom. The van der Waals surface area contributed by atoms with Crippen LogP contribution in [0, 0.1) is 0 Å². The van der Waals surface area contributed by atoms with E-state index in [0.29, 0.717) is 0 Å². The SMILES string of the molecule is c1ccc(N2c3ccccc3C3(c4ccccc42)c2ccccc2N(c2ccc4c(c2)[Si]2(c5ccccc5-4)c4ccccc4-c4ccc5ccccc5c42)c2ccccc23)cc1.